The van der Waals surface area contributed by atoms with E-state index >= 15 is 0 Å². The summed E-state index contributed by atoms with van der Waals surface area (Å²) in [6.07, 6.45) is 4.31. The van der Waals surface area contributed by atoms with Crippen LogP contribution in [0, 0.1) is 31.6 Å². The third-order valence-corrected chi connectivity index (χ3v) is 8.96. The molecule has 3 fully saturated rings. The Morgan fingerprint density at radius 3 is 2.20 bits per heavy atom. The molecule has 3 aliphatic heterocycles. The van der Waals surface area contributed by atoms with E-state index in [4.69, 9.17) is 4.84 Å². The maximum absolute atomic E-state index is 13.3. The van der Waals surface area contributed by atoms with Crippen LogP contribution in [0.25, 0.3) is 0 Å². The van der Waals surface area contributed by atoms with E-state index in [1.165, 1.54) is 11.9 Å². The van der Waals surface area contributed by atoms with Gasteiger partial charge in [0.1, 0.15) is 6.33 Å². The number of carbonyl (C=O) groups is 2. The number of likely N-dealkylation sites (tertiary alicyclic amines) is 2. The van der Waals surface area contributed by atoms with Crippen LogP contribution in [0.5, 0.6) is 0 Å². The Labute approximate surface area is 238 Å². The normalized spacial score (nSPS) is 22.9. The van der Waals surface area contributed by atoms with Gasteiger partial charge in [-0.2, -0.15) is 0 Å². The van der Waals surface area contributed by atoms with Crippen LogP contribution >= 0.6 is 0 Å². The van der Waals surface area contributed by atoms with Crippen LogP contribution in [0.4, 0.5) is 4.79 Å². The maximum atomic E-state index is 13.3. The summed E-state index contributed by atoms with van der Waals surface area (Å²) in [5.74, 6) is 2.18. The highest BCUT2D eigenvalue weighted by Gasteiger charge is 2.42. The molecule has 0 aliphatic carbocycles. The highest BCUT2D eigenvalue weighted by molar-refractivity contribution is 5.96. The number of amides is 2. The fraction of sp³-hybridized carbons (Fsp3) is 0.613. The third kappa shape index (κ3) is 6.63. The highest BCUT2D eigenvalue weighted by atomic mass is 16.7. The molecule has 1 N–H and O–H groups in total. The summed E-state index contributed by atoms with van der Waals surface area (Å²) in [6, 6.07) is 11.0. The van der Waals surface area contributed by atoms with Crippen molar-refractivity contribution in [2.75, 3.05) is 45.8 Å². The van der Waals surface area contributed by atoms with Gasteiger partial charge in [0.05, 0.1) is 17.0 Å². The lowest BCUT2D eigenvalue weighted by molar-refractivity contribution is -0.120. The van der Waals surface area contributed by atoms with Crippen molar-refractivity contribution in [2.24, 2.45) is 17.8 Å². The summed E-state index contributed by atoms with van der Waals surface area (Å²) < 4.78 is 0. The Balaban J connectivity index is 1.14. The van der Waals surface area contributed by atoms with Crippen molar-refractivity contribution >= 4 is 12.0 Å². The van der Waals surface area contributed by atoms with Gasteiger partial charge in [-0.25, -0.2) is 14.8 Å². The zero-order valence-corrected chi connectivity index (χ0v) is 24.4. The summed E-state index contributed by atoms with van der Waals surface area (Å²) in [5, 5.41) is 4.62. The molecule has 1 aromatic carbocycles. The predicted octanol–water partition coefficient (Wildman–Crippen LogP) is 4.03. The van der Waals surface area contributed by atoms with Gasteiger partial charge in [0.15, 0.2) is 0 Å². The zero-order chi connectivity index (χ0) is 28.2. The Kier molecular flexibility index (Phi) is 9.00. The molecule has 3 saturated heterocycles. The van der Waals surface area contributed by atoms with E-state index in [9.17, 15) is 9.59 Å². The van der Waals surface area contributed by atoms with Gasteiger partial charge in [0.2, 0.25) is 0 Å². The lowest BCUT2D eigenvalue weighted by Crippen LogP contribution is -2.41. The van der Waals surface area contributed by atoms with Crippen LogP contribution < -0.4 is 5.32 Å². The SMILES string of the molecule is Cc1ncnc(C)c1C(=O)N1CC2CN(CCC(c3ccccc3)C3CCN(OC(=O)NC(C)C)CC3)CC2C1. The Hall–Kier alpha value is -3.04. The summed E-state index contributed by atoms with van der Waals surface area (Å²) >= 11 is 0. The molecule has 2 aromatic rings. The minimum Gasteiger partial charge on any atom is -0.351 e. The second kappa shape index (κ2) is 12.6. The fourth-order valence-corrected chi connectivity index (χ4v) is 6.94. The van der Waals surface area contributed by atoms with Crippen LogP contribution in [-0.2, 0) is 4.84 Å². The summed E-state index contributed by atoms with van der Waals surface area (Å²) in [5.41, 5.74) is 3.60. The first-order valence-electron chi connectivity index (χ1n) is 14.9. The van der Waals surface area contributed by atoms with Gasteiger partial charge >= 0.3 is 6.09 Å². The largest absolute Gasteiger partial charge is 0.426 e. The molecule has 9 heteroatoms. The number of carbonyl (C=O) groups excluding carboxylic acids is 2. The topological polar surface area (TPSA) is 90.9 Å². The molecule has 0 saturated carbocycles. The van der Waals surface area contributed by atoms with E-state index in [0.717, 1.165) is 76.5 Å². The van der Waals surface area contributed by atoms with Crippen LogP contribution in [0.1, 0.15) is 66.3 Å². The molecule has 216 valence electrons. The molecule has 3 aliphatic rings. The van der Waals surface area contributed by atoms with Gasteiger partial charge in [0.25, 0.3) is 5.91 Å². The number of hydrogen-bond donors (Lipinski definition) is 1. The molecule has 0 bridgehead atoms. The summed E-state index contributed by atoms with van der Waals surface area (Å²) in [4.78, 5) is 44.0. The Bertz CT molecular complexity index is 1130. The molecular weight excluding hydrogens is 504 g/mol. The first kappa shape index (κ1) is 28.5. The van der Waals surface area contributed by atoms with Crippen molar-refractivity contribution in [3.8, 4) is 0 Å². The molecule has 40 heavy (non-hydrogen) atoms. The van der Waals surface area contributed by atoms with Crippen molar-refractivity contribution in [1.82, 2.24) is 30.1 Å². The standard InChI is InChI=1S/C31H44N6O3/c1-21(2)34-31(39)40-37-14-10-25(11-15-37)28(24-8-6-5-7-9-24)12-13-35-16-26-18-36(19-27(26)17-35)30(38)29-22(3)32-20-33-23(29)4/h5-9,20-21,25-28H,10-19H2,1-4H3,(H,34,39). The predicted molar refractivity (Wildman–Crippen MR) is 154 cm³/mol. The van der Waals surface area contributed by atoms with Crippen molar-refractivity contribution in [3.05, 3.63) is 59.2 Å². The number of aryl methyl sites for hydroxylation is 2. The number of hydroxylamine groups is 2. The summed E-state index contributed by atoms with van der Waals surface area (Å²) in [6.45, 7) is 14.0. The number of nitrogens with zero attached hydrogens (tertiary/aromatic N) is 5. The minimum atomic E-state index is -0.365. The minimum absolute atomic E-state index is 0.0630. The number of rotatable bonds is 8. The molecule has 4 heterocycles. The third-order valence-electron chi connectivity index (χ3n) is 8.96. The molecule has 3 atom stereocenters. The molecule has 9 nitrogen and oxygen atoms in total. The van der Waals surface area contributed by atoms with E-state index in [-0.39, 0.29) is 18.0 Å². The van der Waals surface area contributed by atoms with Gasteiger partial charge in [0, 0.05) is 45.3 Å². The second-order valence-corrected chi connectivity index (χ2v) is 12.2. The molecule has 0 spiro atoms. The lowest BCUT2D eigenvalue weighted by Gasteiger charge is -2.36. The zero-order valence-electron chi connectivity index (χ0n) is 24.4. The van der Waals surface area contributed by atoms with Crippen LogP contribution in [-0.4, -0.2) is 88.7 Å². The van der Waals surface area contributed by atoms with Gasteiger partial charge in [-0.05, 0) is 82.7 Å². The quantitative estimate of drug-likeness (QED) is 0.533. The van der Waals surface area contributed by atoms with Crippen LogP contribution in [0.2, 0.25) is 0 Å². The Morgan fingerprint density at radius 2 is 1.60 bits per heavy atom. The van der Waals surface area contributed by atoms with E-state index < -0.39 is 0 Å². The van der Waals surface area contributed by atoms with Crippen molar-refractivity contribution in [1.29, 1.82) is 0 Å². The van der Waals surface area contributed by atoms with Crippen molar-refractivity contribution in [3.63, 3.8) is 0 Å². The fourth-order valence-electron chi connectivity index (χ4n) is 6.94. The van der Waals surface area contributed by atoms with Crippen molar-refractivity contribution < 1.29 is 14.4 Å². The molecule has 1 aromatic heterocycles. The van der Waals surface area contributed by atoms with Crippen LogP contribution in [0.15, 0.2) is 36.7 Å². The number of hydrogen-bond acceptors (Lipinski definition) is 7. The van der Waals surface area contributed by atoms with E-state index in [0.29, 0.717) is 29.2 Å². The number of piperidine rings is 1. The monoisotopic (exact) mass is 548 g/mol. The first-order valence-corrected chi connectivity index (χ1v) is 14.9. The summed E-state index contributed by atoms with van der Waals surface area (Å²) in [7, 11) is 0. The number of fused-ring (bicyclic) bond motifs is 1. The van der Waals surface area contributed by atoms with Crippen LogP contribution in [0.3, 0.4) is 0 Å². The molecule has 0 radical (unpaired) electrons. The van der Waals surface area contributed by atoms with E-state index in [1.807, 2.05) is 37.7 Å². The second-order valence-electron chi connectivity index (χ2n) is 12.2. The lowest BCUT2D eigenvalue weighted by atomic mass is 9.78. The molecule has 5 rings (SSSR count). The van der Waals surface area contributed by atoms with Gasteiger partial charge in [-0.15, -0.1) is 5.06 Å². The Morgan fingerprint density at radius 1 is 0.975 bits per heavy atom. The highest BCUT2D eigenvalue weighted by Crippen LogP contribution is 2.37. The maximum Gasteiger partial charge on any atom is 0.426 e. The molecular formula is C31H44N6O3. The van der Waals surface area contributed by atoms with E-state index in [2.05, 4.69) is 50.5 Å². The average molecular weight is 549 g/mol. The van der Waals surface area contributed by atoms with Crippen molar-refractivity contribution in [2.45, 2.75) is 58.9 Å². The number of aromatic nitrogens is 2. The molecule has 2 amide bonds. The number of benzene rings is 1. The van der Waals surface area contributed by atoms with Gasteiger partial charge < -0.3 is 20.0 Å². The first-order chi connectivity index (χ1) is 19.3. The van der Waals surface area contributed by atoms with E-state index in [1.54, 1.807) is 0 Å². The smallest absolute Gasteiger partial charge is 0.351 e. The average Bonchev–Trinajstić information content (AvgIpc) is 3.49. The van der Waals surface area contributed by atoms with Gasteiger partial charge in [-0.1, -0.05) is 30.3 Å². The molecule has 3 unspecified atom stereocenters. The van der Waals surface area contributed by atoms with Gasteiger partial charge in [-0.3, -0.25) is 4.79 Å². The number of nitrogens with one attached hydrogen (secondary N) is 1.